The van der Waals surface area contributed by atoms with Crippen molar-refractivity contribution in [2.24, 2.45) is 0 Å². The molecule has 0 radical (unpaired) electrons. The molecule has 3 nitrogen and oxygen atoms in total. The van der Waals surface area contributed by atoms with E-state index >= 15 is 0 Å². The van der Waals surface area contributed by atoms with Crippen LogP contribution in [0.15, 0.2) is 42.5 Å². The Morgan fingerprint density at radius 3 is 2.36 bits per heavy atom. The van der Waals surface area contributed by atoms with E-state index in [1.807, 2.05) is 18.2 Å². The first-order valence-electron chi connectivity index (χ1n) is 8.43. The van der Waals surface area contributed by atoms with Gasteiger partial charge in [0.2, 0.25) is 0 Å². The molecule has 116 valence electrons. The third-order valence-electron chi connectivity index (χ3n) is 4.50. The van der Waals surface area contributed by atoms with E-state index in [0.717, 1.165) is 18.8 Å². The normalized spacial score (nSPS) is 16.9. The third kappa shape index (κ3) is 4.08. The molecule has 0 saturated carbocycles. The number of hydrogen-bond donors (Lipinski definition) is 2. The van der Waals surface area contributed by atoms with Crippen molar-refractivity contribution in [3.63, 3.8) is 0 Å². The van der Waals surface area contributed by atoms with Crippen LogP contribution in [-0.4, -0.2) is 25.5 Å². The lowest BCUT2D eigenvalue weighted by molar-refractivity contribution is -0.892. The van der Waals surface area contributed by atoms with Gasteiger partial charge in [-0.3, -0.25) is 4.79 Å². The van der Waals surface area contributed by atoms with Crippen LogP contribution in [0.5, 0.6) is 0 Å². The van der Waals surface area contributed by atoms with E-state index < -0.39 is 0 Å². The molecule has 3 rings (SSSR count). The minimum Gasteiger partial charge on any atom is -0.327 e. The summed E-state index contributed by atoms with van der Waals surface area (Å²) in [4.78, 5) is 13.7. The maximum atomic E-state index is 12.3. The standard InChI is InChI=1S/C19H24N2O/c22-19(15-21-12-6-2-1-3-7-13-21)20-18-11-10-16-8-4-5-9-17(16)14-18/h4-5,8-11,14H,1-3,6-7,12-13,15H2,(H,20,22)/p+1. The van der Waals surface area contributed by atoms with E-state index in [1.54, 1.807) is 0 Å². The Balaban J connectivity index is 1.59. The second-order valence-electron chi connectivity index (χ2n) is 6.30. The number of carbonyl (C=O) groups is 1. The fourth-order valence-corrected chi connectivity index (χ4v) is 3.28. The summed E-state index contributed by atoms with van der Waals surface area (Å²) >= 11 is 0. The molecular weight excluding hydrogens is 272 g/mol. The first-order valence-corrected chi connectivity index (χ1v) is 8.43. The number of carbonyl (C=O) groups excluding carboxylic acids is 1. The smallest absolute Gasteiger partial charge is 0.279 e. The number of hydrogen-bond acceptors (Lipinski definition) is 1. The fraction of sp³-hybridized carbons (Fsp3) is 0.421. The maximum absolute atomic E-state index is 12.3. The number of likely N-dealkylation sites (tertiary alicyclic amines) is 1. The van der Waals surface area contributed by atoms with Crippen LogP contribution in [0, 0.1) is 0 Å². The van der Waals surface area contributed by atoms with Crippen molar-refractivity contribution in [2.75, 3.05) is 25.0 Å². The lowest BCUT2D eigenvalue weighted by atomic mass is 10.1. The van der Waals surface area contributed by atoms with Gasteiger partial charge in [0, 0.05) is 5.69 Å². The number of fused-ring (bicyclic) bond motifs is 1. The lowest BCUT2D eigenvalue weighted by Crippen LogP contribution is -3.13. The molecule has 2 aromatic carbocycles. The SMILES string of the molecule is O=C(C[NH+]1CCCCCCC1)Nc1ccc2ccccc2c1. The van der Waals surface area contributed by atoms with Crippen molar-refractivity contribution in [1.82, 2.24) is 0 Å². The van der Waals surface area contributed by atoms with Crippen molar-refractivity contribution < 1.29 is 9.69 Å². The van der Waals surface area contributed by atoms with E-state index in [9.17, 15) is 4.79 Å². The minimum atomic E-state index is 0.130. The molecule has 1 saturated heterocycles. The third-order valence-corrected chi connectivity index (χ3v) is 4.50. The molecule has 0 spiro atoms. The summed E-state index contributed by atoms with van der Waals surface area (Å²) < 4.78 is 0. The summed E-state index contributed by atoms with van der Waals surface area (Å²) in [6.07, 6.45) is 6.49. The van der Waals surface area contributed by atoms with E-state index in [0.29, 0.717) is 6.54 Å². The van der Waals surface area contributed by atoms with Crippen molar-refractivity contribution in [2.45, 2.75) is 32.1 Å². The Morgan fingerprint density at radius 2 is 1.59 bits per heavy atom. The largest absolute Gasteiger partial charge is 0.327 e. The van der Waals surface area contributed by atoms with Crippen LogP contribution < -0.4 is 10.2 Å². The predicted octanol–water partition coefficient (Wildman–Crippen LogP) is 2.63. The van der Waals surface area contributed by atoms with Crippen LogP contribution in [0.4, 0.5) is 5.69 Å². The van der Waals surface area contributed by atoms with Gasteiger partial charge in [0.25, 0.3) is 5.91 Å². The molecule has 1 aliphatic heterocycles. The molecule has 1 aliphatic rings. The number of rotatable bonds is 3. The number of nitrogens with one attached hydrogen (secondary N) is 2. The first-order chi connectivity index (χ1) is 10.8. The summed E-state index contributed by atoms with van der Waals surface area (Å²) in [5.74, 6) is 0.130. The van der Waals surface area contributed by atoms with E-state index in [-0.39, 0.29) is 5.91 Å². The zero-order chi connectivity index (χ0) is 15.2. The van der Waals surface area contributed by atoms with Crippen molar-refractivity contribution in [3.05, 3.63) is 42.5 Å². The Bertz CT molecular complexity index is 630. The molecule has 0 unspecified atom stereocenters. The van der Waals surface area contributed by atoms with Gasteiger partial charge < -0.3 is 10.2 Å². The summed E-state index contributed by atoms with van der Waals surface area (Å²) in [5, 5.41) is 5.43. The van der Waals surface area contributed by atoms with Crippen molar-refractivity contribution >= 4 is 22.4 Å². The molecule has 0 bridgehead atoms. The van der Waals surface area contributed by atoms with Gasteiger partial charge in [-0.25, -0.2) is 0 Å². The summed E-state index contributed by atoms with van der Waals surface area (Å²) in [6, 6.07) is 14.3. The summed E-state index contributed by atoms with van der Waals surface area (Å²) in [7, 11) is 0. The average Bonchev–Trinajstić information content (AvgIpc) is 2.50. The monoisotopic (exact) mass is 297 g/mol. The van der Waals surface area contributed by atoms with E-state index in [1.165, 1.54) is 47.8 Å². The average molecular weight is 297 g/mol. The molecule has 1 fully saturated rings. The minimum absolute atomic E-state index is 0.130. The second kappa shape index (κ2) is 7.41. The molecule has 3 heteroatoms. The number of amides is 1. The van der Waals surface area contributed by atoms with Gasteiger partial charge in [0.1, 0.15) is 0 Å². The molecule has 1 heterocycles. The highest BCUT2D eigenvalue weighted by Gasteiger charge is 2.15. The van der Waals surface area contributed by atoms with Gasteiger partial charge in [-0.2, -0.15) is 0 Å². The molecule has 0 atom stereocenters. The van der Waals surface area contributed by atoms with E-state index in [2.05, 4.69) is 29.6 Å². The van der Waals surface area contributed by atoms with Crippen LogP contribution in [0.3, 0.4) is 0 Å². The zero-order valence-corrected chi connectivity index (χ0v) is 13.1. The fourth-order valence-electron chi connectivity index (χ4n) is 3.28. The maximum Gasteiger partial charge on any atom is 0.279 e. The van der Waals surface area contributed by atoms with Crippen molar-refractivity contribution in [3.8, 4) is 0 Å². The van der Waals surface area contributed by atoms with Gasteiger partial charge >= 0.3 is 0 Å². The van der Waals surface area contributed by atoms with Gasteiger partial charge in [0.15, 0.2) is 6.54 Å². The predicted molar refractivity (Wildman–Crippen MR) is 91.2 cm³/mol. The van der Waals surface area contributed by atoms with Crippen LogP contribution in [0.1, 0.15) is 32.1 Å². The molecule has 0 aromatic heterocycles. The zero-order valence-electron chi connectivity index (χ0n) is 13.1. The second-order valence-corrected chi connectivity index (χ2v) is 6.30. The Hall–Kier alpha value is -1.87. The summed E-state index contributed by atoms with van der Waals surface area (Å²) in [5.41, 5.74) is 0.898. The van der Waals surface area contributed by atoms with Gasteiger partial charge in [-0.05, 0) is 48.6 Å². The molecule has 22 heavy (non-hydrogen) atoms. The highest BCUT2D eigenvalue weighted by atomic mass is 16.2. The Labute approximate surface area is 132 Å². The Kier molecular flexibility index (Phi) is 5.07. The summed E-state index contributed by atoms with van der Waals surface area (Å²) in [6.45, 7) is 2.85. The quantitative estimate of drug-likeness (QED) is 0.897. The van der Waals surface area contributed by atoms with Crippen LogP contribution in [-0.2, 0) is 4.79 Å². The number of benzene rings is 2. The highest BCUT2D eigenvalue weighted by Crippen LogP contribution is 2.18. The van der Waals surface area contributed by atoms with Gasteiger partial charge in [-0.1, -0.05) is 36.8 Å². The topological polar surface area (TPSA) is 33.5 Å². The van der Waals surface area contributed by atoms with Crippen LogP contribution >= 0.6 is 0 Å². The molecule has 0 aliphatic carbocycles. The molecule has 2 aromatic rings. The molecule has 2 N–H and O–H groups in total. The lowest BCUT2D eigenvalue weighted by Gasteiger charge is -2.21. The molecule has 1 amide bonds. The number of quaternary nitrogens is 1. The van der Waals surface area contributed by atoms with E-state index in [4.69, 9.17) is 0 Å². The number of anilines is 1. The van der Waals surface area contributed by atoms with Gasteiger partial charge in [0.05, 0.1) is 13.1 Å². The Morgan fingerprint density at radius 1 is 0.909 bits per heavy atom. The van der Waals surface area contributed by atoms with Crippen LogP contribution in [0.25, 0.3) is 10.8 Å². The first kappa shape index (κ1) is 15.0. The van der Waals surface area contributed by atoms with Crippen LogP contribution in [0.2, 0.25) is 0 Å². The molecular formula is C19H25N2O+. The van der Waals surface area contributed by atoms with Crippen molar-refractivity contribution in [1.29, 1.82) is 0 Å². The highest BCUT2D eigenvalue weighted by molar-refractivity contribution is 5.94. The van der Waals surface area contributed by atoms with Gasteiger partial charge in [-0.15, -0.1) is 0 Å².